The Morgan fingerprint density at radius 3 is 2.79 bits per heavy atom. The first kappa shape index (κ1) is 22.1. The van der Waals surface area contributed by atoms with Crippen LogP contribution in [0.3, 0.4) is 0 Å². The molecule has 0 aliphatic carbocycles. The molecule has 1 fully saturated rings. The highest BCUT2D eigenvalue weighted by molar-refractivity contribution is 7.99. The largest absolute Gasteiger partial charge is 0.376 e. The lowest BCUT2D eigenvalue weighted by Gasteiger charge is -2.14. The van der Waals surface area contributed by atoms with Crippen LogP contribution in [0.5, 0.6) is 0 Å². The summed E-state index contributed by atoms with van der Waals surface area (Å²) in [4.78, 5) is 25.9. The van der Waals surface area contributed by atoms with Crippen LogP contribution in [0.2, 0.25) is 0 Å². The van der Waals surface area contributed by atoms with Crippen LogP contribution in [-0.2, 0) is 16.1 Å². The molecule has 3 aromatic heterocycles. The zero-order chi connectivity index (χ0) is 23.1. The molecule has 0 spiro atoms. The van der Waals surface area contributed by atoms with E-state index < -0.39 is 0 Å². The molecule has 4 heterocycles. The highest BCUT2D eigenvalue weighted by Gasteiger charge is 2.23. The lowest BCUT2D eigenvalue weighted by Crippen LogP contribution is -2.28. The van der Waals surface area contributed by atoms with Crippen molar-refractivity contribution in [1.82, 2.24) is 19.2 Å². The molecular weight excluding hydrogens is 458 g/mol. The minimum absolute atomic E-state index is 0.00322. The van der Waals surface area contributed by atoms with Crippen molar-refractivity contribution in [1.29, 1.82) is 0 Å². The molecule has 0 unspecified atom stereocenters. The van der Waals surface area contributed by atoms with Crippen LogP contribution < -0.4 is 10.9 Å². The van der Waals surface area contributed by atoms with Crippen molar-refractivity contribution in [3.05, 3.63) is 50.6 Å². The standard InChI is InChI=1S/C23H25N5O3S2/c1-13-9-14(2)19(15(3)10-13)24-18(29)12-33-23-26-25-22-27(11-16-5-4-7-31-16)21(30)20-17(28(22)23)6-8-32-20/h6,8-10,16H,4-5,7,11-12H2,1-3H3,(H,24,29)/t16-/m0/s1. The van der Waals surface area contributed by atoms with Gasteiger partial charge in [-0.3, -0.25) is 18.6 Å². The van der Waals surface area contributed by atoms with Gasteiger partial charge in [0.15, 0.2) is 5.16 Å². The molecule has 1 atom stereocenters. The molecule has 1 aliphatic heterocycles. The summed E-state index contributed by atoms with van der Waals surface area (Å²) in [7, 11) is 0. The summed E-state index contributed by atoms with van der Waals surface area (Å²) < 4.78 is 9.94. The molecule has 172 valence electrons. The first-order valence-corrected chi connectivity index (χ1v) is 12.8. The normalized spacial score (nSPS) is 16.2. The average molecular weight is 484 g/mol. The van der Waals surface area contributed by atoms with Crippen LogP contribution in [0.4, 0.5) is 5.69 Å². The molecule has 0 radical (unpaired) electrons. The number of nitrogens with zero attached hydrogens (tertiary/aromatic N) is 4. The molecule has 4 aromatic rings. The number of aryl methyl sites for hydroxylation is 3. The van der Waals surface area contributed by atoms with Gasteiger partial charge in [-0.2, -0.15) is 0 Å². The molecule has 1 N–H and O–H groups in total. The van der Waals surface area contributed by atoms with Crippen LogP contribution in [0, 0.1) is 20.8 Å². The predicted molar refractivity (Wildman–Crippen MR) is 132 cm³/mol. The number of anilines is 1. The van der Waals surface area contributed by atoms with E-state index in [1.165, 1.54) is 28.7 Å². The number of rotatable bonds is 6. The van der Waals surface area contributed by atoms with Crippen LogP contribution in [0.25, 0.3) is 16.0 Å². The summed E-state index contributed by atoms with van der Waals surface area (Å²) in [5, 5.41) is 14.2. The Morgan fingerprint density at radius 1 is 1.27 bits per heavy atom. The van der Waals surface area contributed by atoms with Gasteiger partial charge in [0.25, 0.3) is 5.56 Å². The Balaban J connectivity index is 1.43. The minimum atomic E-state index is -0.110. The number of thiophene rings is 1. The monoisotopic (exact) mass is 483 g/mol. The van der Waals surface area contributed by atoms with Gasteiger partial charge in [-0.15, -0.1) is 21.5 Å². The average Bonchev–Trinajstić information content (AvgIpc) is 3.52. The highest BCUT2D eigenvalue weighted by Crippen LogP contribution is 2.26. The fourth-order valence-electron chi connectivity index (χ4n) is 4.43. The Labute approximate surface area is 199 Å². The third-order valence-corrected chi connectivity index (χ3v) is 7.69. The van der Waals surface area contributed by atoms with Crippen molar-refractivity contribution in [2.75, 3.05) is 17.7 Å². The zero-order valence-electron chi connectivity index (χ0n) is 18.8. The zero-order valence-corrected chi connectivity index (χ0v) is 20.4. The molecule has 0 saturated carbocycles. The van der Waals surface area contributed by atoms with E-state index in [0.717, 1.165) is 41.8 Å². The van der Waals surface area contributed by atoms with Crippen molar-refractivity contribution in [2.24, 2.45) is 0 Å². The van der Waals surface area contributed by atoms with E-state index in [4.69, 9.17) is 4.74 Å². The Morgan fingerprint density at radius 2 is 2.06 bits per heavy atom. The molecule has 33 heavy (non-hydrogen) atoms. The summed E-state index contributed by atoms with van der Waals surface area (Å²) in [6, 6.07) is 6.02. The molecular formula is C23H25N5O3S2. The second-order valence-corrected chi connectivity index (χ2v) is 10.3. The second-order valence-electron chi connectivity index (χ2n) is 8.41. The fourth-order valence-corrected chi connectivity index (χ4v) is 6.00. The van der Waals surface area contributed by atoms with Crippen molar-refractivity contribution >= 4 is 50.7 Å². The Kier molecular flexibility index (Phi) is 5.98. The highest BCUT2D eigenvalue weighted by atomic mass is 32.2. The maximum Gasteiger partial charge on any atom is 0.272 e. The van der Waals surface area contributed by atoms with Crippen molar-refractivity contribution < 1.29 is 9.53 Å². The van der Waals surface area contributed by atoms with E-state index in [9.17, 15) is 9.59 Å². The molecule has 0 bridgehead atoms. The van der Waals surface area contributed by atoms with E-state index >= 15 is 0 Å². The topological polar surface area (TPSA) is 90.5 Å². The first-order chi connectivity index (χ1) is 15.9. The van der Waals surface area contributed by atoms with Gasteiger partial charge < -0.3 is 10.1 Å². The van der Waals surface area contributed by atoms with E-state index in [1.54, 1.807) is 4.57 Å². The summed E-state index contributed by atoms with van der Waals surface area (Å²) in [6.07, 6.45) is 1.93. The smallest absolute Gasteiger partial charge is 0.272 e. The van der Waals surface area contributed by atoms with Gasteiger partial charge in [0.05, 0.1) is 23.9 Å². The van der Waals surface area contributed by atoms with Crippen molar-refractivity contribution in [3.63, 3.8) is 0 Å². The van der Waals surface area contributed by atoms with Crippen molar-refractivity contribution in [3.8, 4) is 0 Å². The third-order valence-electron chi connectivity index (χ3n) is 5.87. The lowest BCUT2D eigenvalue weighted by atomic mass is 10.1. The van der Waals surface area contributed by atoms with Crippen molar-refractivity contribution in [2.45, 2.75) is 51.4 Å². The molecule has 5 rings (SSSR count). The SMILES string of the molecule is Cc1cc(C)c(NC(=O)CSc2nnc3n(C[C@@H]4CCCO4)c(=O)c4sccc4n23)c(C)c1. The number of ether oxygens (including phenoxy) is 1. The van der Waals surface area contributed by atoms with Gasteiger partial charge in [-0.05, 0) is 56.2 Å². The summed E-state index contributed by atoms with van der Waals surface area (Å²) in [5.41, 5.74) is 4.79. The van der Waals surface area contributed by atoms with Gasteiger partial charge in [-0.25, -0.2) is 0 Å². The quantitative estimate of drug-likeness (QED) is 0.418. The van der Waals surface area contributed by atoms with E-state index in [-0.39, 0.29) is 23.3 Å². The molecule has 1 saturated heterocycles. The number of thioether (sulfide) groups is 1. The summed E-state index contributed by atoms with van der Waals surface area (Å²) >= 11 is 2.71. The Hall–Kier alpha value is -2.69. The van der Waals surface area contributed by atoms with Gasteiger partial charge in [0, 0.05) is 12.3 Å². The predicted octanol–water partition coefficient (Wildman–Crippen LogP) is 3.94. The first-order valence-electron chi connectivity index (χ1n) is 10.9. The second kappa shape index (κ2) is 8.92. The number of nitrogens with one attached hydrogen (secondary N) is 1. The number of benzene rings is 1. The van der Waals surface area contributed by atoms with Gasteiger partial charge >= 0.3 is 0 Å². The number of amides is 1. The molecule has 1 amide bonds. The Bertz CT molecular complexity index is 1390. The van der Waals surface area contributed by atoms with Crippen LogP contribution >= 0.6 is 23.1 Å². The van der Waals surface area contributed by atoms with E-state index in [0.29, 0.717) is 22.2 Å². The maximum atomic E-state index is 13.1. The van der Waals surface area contributed by atoms with Gasteiger partial charge in [-0.1, -0.05) is 29.5 Å². The summed E-state index contributed by atoms with van der Waals surface area (Å²) in [6.45, 7) is 7.21. The molecule has 10 heteroatoms. The molecule has 1 aromatic carbocycles. The maximum absolute atomic E-state index is 13.1. The number of aromatic nitrogens is 4. The van der Waals surface area contributed by atoms with E-state index in [1.807, 2.05) is 36.6 Å². The number of carbonyl (C=O) groups excluding carboxylic acids is 1. The van der Waals surface area contributed by atoms with E-state index in [2.05, 4.69) is 27.6 Å². The molecule has 1 aliphatic rings. The summed E-state index contributed by atoms with van der Waals surface area (Å²) in [5.74, 6) is 0.555. The van der Waals surface area contributed by atoms with Gasteiger partial charge in [0.1, 0.15) is 4.70 Å². The van der Waals surface area contributed by atoms with Gasteiger partial charge in [0.2, 0.25) is 11.7 Å². The fraction of sp³-hybridized carbons (Fsp3) is 0.391. The third kappa shape index (κ3) is 4.18. The van der Waals surface area contributed by atoms with Crippen LogP contribution in [0.15, 0.2) is 33.5 Å². The van der Waals surface area contributed by atoms with Crippen LogP contribution in [0.1, 0.15) is 29.5 Å². The number of carbonyl (C=O) groups is 1. The molecule has 8 nitrogen and oxygen atoms in total. The minimum Gasteiger partial charge on any atom is -0.376 e. The number of hydrogen-bond acceptors (Lipinski definition) is 7. The van der Waals surface area contributed by atoms with Crippen LogP contribution in [-0.4, -0.2) is 43.5 Å². The lowest BCUT2D eigenvalue weighted by molar-refractivity contribution is -0.113. The number of fused-ring (bicyclic) bond motifs is 3. The number of hydrogen-bond donors (Lipinski definition) is 1.